The Bertz CT molecular complexity index is 875. The summed E-state index contributed by atoms with van der Waals surface area (Å²) in [6.45, 7) is 12.2. The Morgan fingerprint density at radius 2 is 1.89 bits per heavy atom. The lowest BCUT2D eigenvalue weighted by atomic mass is 9.96. The molecule has 0 saturated carbocycles. The molecule has 2 aromatic rings. The molecular formula is C24H31N3O. The molecule has 0 bridgehead atoms. The number of benzene rings is 1. The second-order valence-corrected chi connectivity index (χ2v) is 7.41. The highest BCUT2D eigenvalue weighted by Crippen LogP contribution is 2.23. The van der Waals surface area contributed by atoms with Crippen molar-refractivity contribution in [2.24, 2.45) is 5.92 Å². The van der Waals surface area contributed by atoms with Gasteiger partial charge in [0.25, 0.3) is 5.56 Å². The van der Waals surface area contributed by atoms with E-state index < -0.39 is 0 Å². The van der Waals surface area contributed by atoms with Gasteiger partial charge < -0.3 is 4.90 Å². The maximum atomic E-state index is 13.5. The summed E-state index contributed by atoms with van der Waals surface area (Å²) in [5.74, 6) is 1.24. The molecule has 1 fully saturated rings. The van der Waals surface area contributed by atoms with Crippen molar-refractivity contribution in [3.63, 3.8) is 0 Å². The average Bonchev–Trinajstić information content (AvgIpc) is 2.75. The van der Waals surface area contributed by atoms with Crippen molar-refractivity contribution in [2.75, 3.05) is 19.6 Å². The zero-order chi connectivity index (χ0) is 19.9. The van der Waals surface area contributed by atoms with Crippen LogP contribution in [-0.2, 0) is 6.54 Å². The van der Waals surface area contributed by atoms with Gasteiger partial charge in [-0.1, -0.05) is 62.9 Å². The molecule has 1 aromatic heterocycles. The third-order valence-electron chi connectivity index (χ3n) is 5.57. The number of rotatable bonds is 7. The number of piperidine rings is 1. The standard InChI is InChI=1S/C24H31N3O/c1-4-7-13-21-22(5-2)25-23(20-11-9-8-10-12-20)27(24(21)28)18-19-14-16-26(6-3)17-15-19/h5,7-13,19H,2,4,6,14-18H2,1,3H3/b13-7-. The van der Waals surface area contributed by atoms with Crippen molar-refractivity contribution in [3.05, 3.63) is 64.6 Å². The van der Waals surface area contributed by atoms with Crippen LogP contribution < -0.4 is 5.56 Å². The molecule has 28 heavy (non-hydrogen) atoms. The van der Waals surface area contributed by atoms with Crippen LogP contribution in [-0.4, -0.2) is 34.1 Å². The van der Waals surface area contributed by atoms with Crippen LogP contribution in [0.15, 0.2) is 47.8 Å². The Morgan fingerprint density at radius 1 is 1.18 bits per heavy atom. The molecular weight excluding hydrogens is 346 g/mol. The van der Waals surface area contributed by atoms with Gasteiger partial charge in [0.1, 0.15) is 5.82 Å². The van der Waals surface area contributed by atoms with Gasteiger partial charge in [0, 0.05) is 12.1 Å². The minimum absolute atomic E-state index is 0.0337. The molecule has 0 aliphatic carbocycles. The van der Waals surface area contributed by atoms with Gasteiger partial charge in [-0.15, -0.1) is 0 Å². The molecule has 1 aliphatic heterocycles. The van der Waals surface area contributed by atoms with E-state index in [9.17, 15) is 4.79 Å². The quantitative estimate of drug-likeness (QED) is 0.701. The van der Waals surface area contributed by atoms with Crippen LogP contribution in [0.1, 0.15) is 44.4 Å². The van der Waals surface area contributed by atoms with Crippen LogP contribution in [0.4, 0.5) is 0 Å². The van der Waals surface area contributed by atoms with Crippen LogP contribution in [0, 0.1) is 5.92 Å². The molecule has 0 unspecified atom stereocenters. The van der Waals surface area contributed by atoms with Crippen molar-refractivity contribution < 1.29 is 0 Å². The first-order chi connectivity index (χ1) is 13.7. The van der Waals surface area contributed by atoms with Crippen LogP contribution in [0.2, 0.25) is 0 Å². The lowest BCUT2D eigenvalue weighted by molar-refractivity contribution is 0.180. The lowest BCUT2D eigenvalue weighted by Gasteiger charge is -2.31. The monoisotopic (exact) mass is 377 g/mol. The van der Waals surface area contributed by atoms with E-state index in [4.69, 9.17) is 4.98 Å². The molecule has 4 heteroatoms. The maximum Gasteiger partial charge on any atom is 0.261 e. The van der Waals surface area contributed by atoms with Crippen molar-refractivity contribution in [2.45, 2.75) is 39.7 Å². The fourth-order valence-corrected chi connectivity index (χ4v) is 3.85. The van der Waals surface area contributed by atoms with E-state index >= 15 is 0 Å². The summed E-state index contributed by atoms with van der Waals surface area (Å²) in [6.07, 6.45) is 8.73. The van der Waals surface area contributed by atoms with Crippen molar-refractivity contribution >= 4 is 12.2 Å². The number of hydrogen-bond acceptors (Lipinski definition) is 3. The Morgan fingerprint density at radius 3 is 2.50 bits per heavy atom. The first-order valence-corrected chi connectivity index (χ1v) is 10.4. The van der Waals surface area contributed by atoms with Gasteiger partial charge in [-0.05, 0) is 50.9 Å². The summed E-state index contributed by atoms with van der Waals surface area (Å²) in [4.78, 5) is 20.8. The lowest BCUT2D eigenvalue weighted by Crippen LogP contribution is -2.37. The normalized spacial score (nSPS) is 15.9. The highest BCUT2D eigenvalue weighted by molar-refractivity contribution is 5.65. The third-order valence-corrected chi connectivity index (χ3v) is 5.57. The van der Waals surface area contributed by atoms with Gasteiger partial charge in [-0.25, -0.2) is 4.98 Å². The van der Waals surface area contributed by atoms with Crippen LogP contribution in [0.5, 0.6) is 0 Å². The van der Waals surface area contributed by atoms with E-state index in [1.165, 1.54) is 0 Å². The first-order valence-electron chi connectivity index (χ1n) is 10.4. The fourth-order valence-electron chi connectivity index (χ4n) is 3.85. The smallest absolute Gasteiger partial charge is 0.261 e. The molecule has 2 heterocycles. The molecule has 1 aromatic carbocycles. The predicted octanol–water partition coefficient (Wildman–Crippen LogP) is 4.71. The molecule has 0 amide bonds. The fraction of sp³-hybridized carbons (Fsp3) is 0.417. The van der Waals surface area contributed by atoms with Gasteiger partial charge in [0.15, 0.2) is 0 Å². The van der Waals surface area contributed by atoms with E-state index in [1.54, 1.807) is 6.08 Å². The van der Waals surface area contributed by atoms with Crippen LogP contribution in [0.3, 0.4) is 0 Å². The summed E-state index contributed by atoms with van der Waals surface area (Å²) in [6, 6.07) is 10.0. The van der Waals surface area contributed by atoms with E-state index in [2.05, 4.69) is 25.3 Å². The molecule has 3 rings (SSSR count). The maximum absolute atomic E-state index is 13.5. The van der Waals surface area contributed by atoms with Crippen molar-refractivity contribution in [1.82, 2.24) is 14.5 Å². The number of hydrogen-bond donors (Lipinski definition) is 0. The second kappa shape index (κ2) is 9.65. The minimum Gasteiger partial charge on any atom is -0.304 e. The number of likely N-dealkylation sites (tertiary alicyclic amines) is 1. The molecule has 4 nitrogen and oxygen atoms in total. The molecule has 0 atom stereocenters. The number of aromatic nitrogens is 2. The SMILES string of the molecule is C=Cc1nc(-c2ccccc2)n(CC2CCN(CC)CC2)c(=O)c1/C=C\CC. The summed E-state index contributed by atoms with van der Waals surface area (Å²) < 4.78 is 1.89. The number of nitrogens with zero attached hydrogens (tertiary/aromatic N) is 3. The first kappa shape index (κ1) is 20.3. The Kier molecular flexibility index (Phi) is 6.99. The molecule has 0 spiro atoms. The second-order valence-electron chi connectivity index (χ2n) is 7.41. The molecule has 0 N–H and O–H groups in total. The molecule has 0 radical (unpaired) electrons. The molecule has 1 saturated heterocycles. The minimum atomic E-state index is 0.0337. The van der Waals surface area contributed by atoms with Gasteiger partial charge >= 0.3 is 0 Å². The predicted molar refractivity (Wildman–Crippen MR) is 118 cm³/mol. The average molecular weight is 378 g/mol. The van der Waals surface area contributed by atoms with Crippen LogP contribution in [0.25, 0.3) is 23.5 Å². The Labute approximate surface area is 168 Å². The van der Waals surface area contributed by atoms with Crippen molar-refractivity contribution in [1.29, 1.82) is 0 Å². The van der Waals surface area contributed by atoms with E-state index in [0.717, 1.165) is 56.8 Å². The summed E-state index contributed by atoms with van der Waals surface area (Å²) in [5, 5.41) is 0. The summed E-state index contributed by atoms with van der Waals surface area (Å²) in [5.41, 5.74) is 2.30. The van der Waals surface area contributed by atoms with E-state index in [0.29, 0.717) is 17.2 Å². The summed E-state index contributed by atoms with van der Waals surface area (Å²) in [7, 11) is 0. The zero-order valence-electron chi connectivity index (χ0n) is 17.1. The largest absolute Gasteiger partial charge is 0.304 e. The van der Waals surface area contributed by atoms with E-state index in [1.807, 2.05) is 47.1 Å². The summed E-state index contributed by atoms with van der Waals surface area (Å²) >= 11 is 0. The molecule has 1 aliphatic rings. The van der Waals surface area contributed by atoms with Gasteiger partial charge in [-0.3, -0.25) is 9.36 Å². The highest BCUT2D eigenvalue weighted by atomic mass is 16.1. The third kappa shape index (κ3) is 4.50. The topological polar surface area (TPSA) is 38.1 Å². The van der Waals surface area contributed by atoms with Gasteiger partial charge in [0.2, 0.25) is 0 Å². The van der Waals surface area contributed by atoms with E-state index in [-0.39, 0.29) is 5.56 Å². The zero-order valence-corrected chi connectivity index (χ0v) is 17.1. The Hall–Kier alpha value is -2.46. The Balaban J connectivity index is 2.05. The van der Waals surface area contributed by atoms with Crippen LogP contribution >= 0.6 is 0 Å². The number of allylic oxidation sites excluding steroid dienone is 1. The molecule has 148 valence electrons. The van der Waals surface area contributed by atoms with Crippen molar-refractivity contribution in [3.8, 4) is 11.4 Å². The van der Waals surface area contributed by atoms with Gasteiger partial charge in [0.05, 0.1) is 11.3 Å². The highest BCUT2D eigenvalue weighted by Gasteiger charge is 2.22. The van der Waals surface area contributed by atoms with Gasteiger partial charge in [-0.2, -0.15) is 0 Å².